The molecular formula is C16H15BrClN3. The van der Waals surface area contributed by atoms with Gasteiger partial charge in [0.05, 0.1) is 5.69 Å². The van der Waals surface area contributed by atoms with E-state index in [9.17, 15) is 0 Å². The quantitative estimate of drug-likeness (QED) is 0.637. The van der Waals surface area contributed by atoms with E-state index in [1.165, 1.54) is 0 Å². The topological polar surface area (TPSA) is 30.7 Å². The van der Waals surface area contributed by atoms with Gasteiger partial charge >= 0.3 is 0 Å². The van der Waals surface area contributed by atoms with E-state index < -0.39 is 0 Å². The summed E-state index contributed by atoms with van der Waals surface area (Å²) in [5.74, 6) is 1.48. The van der Waals surface area contributed by atoms with Gasteiger partial charge in [0, 0.05) is 23.0 Å². The molecule has 0 N–H and O–H groups in total. The number of nitrogens with zero attached hydrogens (tertiary/aromatic N) is 3. The van der Waals surface area contributed by atoms with Gasteiger partial charge < -0.3 is 0 Å². The summed E-state index contributed by atoms with van der Waals surface area (Å²) >= 11 is 9.54. The Bertz CT molecular complexity index is 811. The molecule has 0 aliphatic carbocycles. The van der Waals surface area contributed by atoms with Crippen molar-refractivity contribution in [1.29, 1.82) is 0 Å². The lowest BCUT2D eigenvalue weighted by Crippen LogP contribution is -2.05. The highest BCUT2D eigenvalue weighted by atomic mass is 79.9. The minimum absolute atomic E-state index is 0.537. The van der Waals surface area contributed by atoms with E-state index in [1.54, 1.807) is 0 Å². The molecular weight excluding hydrogens is 350 g/mol. The molecule has 3 rings (SSSR count). The van der Waals surface area contributed by atoms with Crippen molar-refractivity contribution in [1.82, 2.24) is 14.5 Å². The summed E-state index contributed by atoms with van der Waals surface area (Å²) in [5.41, 5.74) is 5.21. The lowest BCUT2D eigenvalue weighted by atomic mass is 10.2. The number of fused-ring (bicyclic) bond motifs is 1. The number of alkyl halides is 1. The zero-order valence-corrected chi connectivity index (χ0v) is 14.2. The third-order valence-corrected chi connectivity index (χ3v) is 4.66. The van der Waals surface area contributed by atoms with Crippen LogP contribution in [0, 0.1) is 13.8 Å². The average molecular weight is 365 g/mol. The van der Waals surface area contributed by atoms with Crippen LogP contribution in [0.2, 0.25) is 0 Å². The van der Waals surface area contributed by atoms with Crippen LogP contribution in [0.5, 0.6) is 0 Å². The van der Waals surface area contributed by atoms with Crippen LogP contribution in [0.3, 0.4) is 0 Å². The number of aryl methyl sites for hydroxylation is 2. The highest BCUT2D eigenvalue weighted by molar-refractivity contribution is 9.10. The predicted molar refractivity (Wildman–Crippen MR) is 90.5 cm³/mol. The highest BCUT2D eigenvalue weighted by Crippen LogP contribution is 2.28. The Morgan fingerprint density at radius 1 is 1.24 bits per heavy atom. The summed E-state index contributed by atoms with van der Waals surface area (Å²) in [4.78, 5) is 9.28. The fraction of sp³-hybridized carbons (Fsp3) is 0.250. The maximum atomic E-state index is 5.95. The van der Waals surface area contributed by atoms with Gasteiger partial charge in [0.25, 0.3) is 0 Å². The van der Waals surface area contributed by atoms with Crippen LogP contribution in [0.4, 0.5) is 0 Å². The molecule has 5 heteroatoms. The number of hydrogen-bond donors (Lipinski definition) is 0. The van der Waals surface area contributed by atoms with Gasteiger partial charge in [0.15, 0.2) is 5.65 Å². The molecule has 0 atom stereocenters. The first-order chi connectivity index (χ1) is 10.1. The first kappa shape index (κ1) is 14.5. The van der Waals surface area contributed by atoms with E-state index in [-0.39, 0.29) is 0 Å². The van der Waals surface area contributed by atoms with Crippen LogP contribution in [0.15, 0.2) is 34.9 Å². The van der Waals surface area contributed by atoms with Crippen LogP contribution in [0.1, 0.15) is 17.0 Å². The Hall–Kier alpha value is -1.39. The van der Waals surface area contributed by atoms with Crippen LogP contribution < -0.4 is 0 Å². The maximum Gasteiger partial charge on any atom is 0.164 e. The number of pyridine rings is 1. The number of halogens is 2. The van der Waals surface area contributed by atoms with Crippen LogP contribution in [-0.4, -0.2) is 20.4 Å². The van der Waals surface area contributed by atoms with E-state index in [1.807, 2.05) is 24.4 Å². The minimum atomic E-state index is 0.537. The molecule has 0 unspecified atom stereocenters. The van der Waals surface area contributed by atoms with Crippen molar-refractivity contribution in [3.63, 3.8) is 0 Å². The Labute approximate surface area is 137 Å². The molecule has 1 aromatic carbocycles. The van der Waals surface area contributed by atoms with E-state index >= 15 is 0 Å². The van der Waals surface area contributed by atoms with Crippen LogP contribution in [-0.2, 0) is 6.42 Å². The van der Waals surface area contributed by atoms with Gasteiger partial charge in [-0.1, -0.05) is 22.0 Å². The Balaban J connectivity index is 2.37. The molecule has 0 aliphatic heterocycles. The summed E-state index contributed by atoms with van der Waals surface area (Å²) in [6.07, 6.45) is 2.54. The Morgan fingerprint density at radius 2 is 2.05 bits per heavy atom. The molecule has 3 nitrogen and oxygen atoms in total. The zero-order valence-electron chi connectivity index (χ0n) is 11.9. The van der Waals surface area contributed by atoms with Crippen molar-refractivity contribution < 1.29 is 0 Å². The molecule has 0 bridgehead atoms. The molecule has 0 radical (unpaired) electrons. The van der Waals surface area contributed by atoms with E-state index in [0.29, 0.717) is 12.3 Å². The molecule has 0 fully saturated rings. The predicted octanol–water partition coefficient (Wildman–Crippen LogP) is 4.58. The van der Waals surface area contributed by atoms with Gasteiger partial charge in [0.2, 0.25) is 0 Å². The first-order valence-corrected chi connectivity index (χ1v) is 8.10. The second-order valence-electron chi connectivity index (χ2n) is 4.99. The zero-order chi connectivity index (χ0) is 15.0. The van der Waals surface area contributed by atoms with Gasteiger partial charge in [-0.05, 0) is 43.2 Å². The molecule has 21 heavy (non-hydrogen) atoms. The summed E-state index contributed by atoms with van der Waals surface area (Å²) in [7, 11) is 0. The Morgan fingerprint density at radius 3 is 2.81 bits per heavy atom. The standard InChI is InChI=1S/C16H15BrClN3/c1-10-7-9-19-16-15(10)20-14(6-8-18)21(16)13-5-3-4-12(17)11(13)2/h3-5,7,9H,6,8H2,1-2H3. The SMILES string of the molecule is Cc1c(Br)cccc1-n1c(CCCl)nc2c(C)ccnc21. The summed E-state index contributed by atoms with van der Waals surface area (Å²) in [6, 6.07) is 8.14. The minimum Gasteiger partial charge on any atom is -0.280 e. The third kappa shape index (κ3) is 2.47. The van der Waals surface area contributed by atoms with E-state index in [0.717, 1.165) is 38.3 Å². The fourth-order valence-electron chi connectivity index (χ4n) is 2.48. The van der Waals surface area contributed by atoms with Crippen molar-refractivity contribution >= 4 is 38.7 Å². The fourth-order valence-corrected chi connectivity index (χ4v) is 3.01. The van der Waals surface area contributed by atoms with Crippen molar-refractivity contribution in [3.05, 3.63) is 51.9 Å². The molecule has 108 valence electrons. The lowest BCUT2D eigenvalue weighted by Gasteiger charge is -2.12. The molecule has 0 saturated carbocycles. The molecule has 0 saturated heterocycles. The summed E-state index contributed by atoms with van der Waals surface area (Å²) in [5, 5.41) is 0. The van der Waals surface area contributed by atoms with E-state index in [4.69, 9.17) is 16.6 Å². The Kier molecular flexibility index (Phi) is 4.00. The smallest absolute Gasteiger partial charge is 0.164 e. The second kappa shape index (κ2) is 5.78. The lowest BCUT2D eigenvalue weighted by molar-refractivity contribution is 0.899. The molecule has 3 aromatic rings. The normalized spacial score (nSPS) is 11.2. The number of rotatable bonds is 3. The molecule has 2 aromatic heterocycles. The second-order valence-corrected chi connectivity index (χ2v) is 6.22. The van der Waals surface area contributed by atoms with Crippen LogP contribution >= 0.6 is 27.5 Å². The third-order valence-electron chi connectivity index (χ3n) is 3.62. The van der Waals surface area contributed by atoms with Crippen molar-refractivity contribution in [3.8, 4) is 5.69 Å². The first-order valence-electron chi connectivity index (χ1n) is 6.78. The van der Waals surface area contributed by atoms with Gasteiger partial charge in [-0.15, -0.1) is 11.6 Å². The van der Waals surface area contributed by atoms with Gasteiger partial charge in [-0.3, -0.25) is 4.57 Å². The average Bonchev–Trinajstić information content (AvgIpc) is 2.82. The molecule has 0 aliphatic rings. The number of hydrogen-bond acceptors (Lipinski definition) is 2. The van der Waals surface area contributed by atoms with Crippen molar-refractivity contribution in [2.45, 2.75) is 20.3 Å². The monoisotopic (exact) mass is 363 g/mol. The molecule has 2 heterocycles. The van der Waals surface area contributed by atoms with Gasteiger partial charge in [-0.25, -0.2) is 9.97 Å². The van der Waals surface area contributed by atoms with Gasteiger partial charge in [-0.2, -0.15) is 0 Å². The maximum absolute atomic E-state index is 5.95. The van der Waals surface area contributed by atoms with Crippen molar-refractivity contribution in [2.75, 3.05) is 5.88 Å². The van der Waals surface area contributed by atoms with Gasteiger partial charge in [0.1, 0.15) is 11.3 Å². The largest absolute Gasteiger partial charge is 0.280 e. The van der Waals surface area contributed by atoms with Crippen molar-refractivity contribution in [2.24, 2.45) is 0 Å². The number of benzene rings is 1. The van der Waals surface area contributed by atoms with Crippen LogP contribution in [0.25, 0.3) is 16.9 Å². The summed E-state index contributed by atoms with van der Waals surface area (Å²) in [6.45, 7) is 4.14. The molecule has 0 amide bonds. The number of aromatic nitrogens is 3. The highest BCUT2D eigenvalue weighted by Gasteiger charge is 2.16. The number of imidazole rings is 1. The summed E-state index contributed by atoms with van der Waals surface area (Å²) < 4.78 is 3.19. The van der Waals surface area contributed by atoms with E-state index in [2.05, 4.69) is 45.4 Å². The molecule has 0 spiro atoms.